The minimum Gasteiger partial charge on any atom is -0.486 e. The Morgan fingerprint density at radius 3 is 2.81 bits per heavy atom. The molecule has 10 nitrogen and oxygen atoms in total. The average Bonchev–Trinajstić information content (AvgIpc) is 2.90. The van der Waals surface area contributed by atoms with Gasteiger partial charge in [-0.15, -0.1) is 0 Å². The molecule has 2 atom stereocenters. The Kier molecular flexibility index (Phi) is 5.88. The maximum Gasteiger partial charge on any atom is 0.414 e. The van der Waals surface area contributed by atoms with Crippen molar-refractivity contribution in [1.82, 2.24) is 14.9 Å². The molecule has 2 aromatic heterocycles. The normalized spacial score (nSPS) is 21.7. The first-order valence-electron chi connectivity index (χ1n) is 12.2. The van der Waals surface area contributed by atoms with Crippen LogP contribution < -0.4 is 24.7 Å². The molecule has 2 saturated heterocycles. The van der Waals surface area contributed by atoms with E-state index in [0.717, 1.165) is 36.3 Å². The van der Waals surface area contributed by atoms with Crippen LogP contribution in [0.5, 0.6) is 17.4 Å². The number of aromatic amines is 1. The second kappa shape index (κ2) is 9.34. The summed E-state index contributed by atoms with van der Waals surface area (Å²) in [5.41, 5.74) is 2.92. The third-order valence-electron chi connectivity index (χ3n) is 7.15. The average molecular weight is 493 g/mol. The maximum absolute atomic E-state index is 12.9. The summed E-state index contributed by atoms with van der Waals surface area (Å²) in [5, 5.41) is 0. The van der Waals surface area contributed by atoms with Crippen LogP contribution >= 0.6 is 0 Å². The van der Waals surface area contributed by atoms with Gasteiger partial charge in [0.15, 0.2) is 11.5 Å². The van der Waals surface area contributed by atoms with Gasteiger partial charge in [0.1, 0.15) is 19.3 Å². The zero-order chi connectivity index (χ0) is 24.6. The number of carbonyl (C=O) groups is 1. The van der Waals surface area contributed by atoms with E-state index in [1.54, 1.807) is 24.1 Å². The molecule has 1 N–H and O–H groups in total. The van der Waals surface area contributed by atoms with Crippen LogP contribution in [0, 0.1) is 5.92 Å². The second-order valence-electron chi connectivity index (χ2n) is 9.37. The Balaban J connectivity index is 1.12. The van der Waals surface area contributed by atoms with Crippen LogP contribution in [0.1, 0.15) is 12.0 Å². The first-order chi connectivity index (χ1) is 17.6. The molecule has 5 heterocycles. The summed E-state index contributed by atoms with van der Waals surface area (Å²) in [7, 11) is 1.57. The van der Waals surface area contributed by atoms with Gasteiger partial charge in [-0.2, -0.15) is 0 Å². The summed E-state index contributed by atoms with van der Waals surface area (Å²) in [5.74, 6) is 2.11. The molecule has 0 spiro atoms. The molecule has 0 saturated carbocycles. The monoisotopic (exact) mass is 492 g/mol. The first-order valence-corrected chi connectivity index (χ1v) is 12.2. The number of carbonyl (C=O) groups excluding carboxylic acids is 1. The van der Waals surface area contributed by atoms with E-state index in [1.165, 1.54) is 0 Å². The molecule has 6 rings (SSSR count). The number of piperidine rings is 1. The number of H-pyrrole nitrogens is 1. The van der Waals surface area contributed by atoms with Gasteiger partial charge in [0.05, 0.1) is 23.8 Å². The summed E-state index contributed by atoms with van der Waals surface area (Å²) in [4.78, 5) is 36.4. The van der Waals surface area contributed by atoms with Crippen LogP contribution in [-0.4, -0.2) is 73.6 Å². The van der Waals surface area contributed by atoms with E-state index in [-0.39, 0.29) is 23.7 Å². The van der Waals surface area contributed by atoms with Crippen molar-refractivity contribution in [2.45, 2.75) is 18.9 Å². The van der Waals surface area contributed by atoms with Crippen molar-refractivity contribution in [1.29, 1.82) is 0 Å². The van der Waals surface area contributed by atoms with Crippen LogP contribution in [0.2, 0.25) is 0 Å². The molecule has 1 amide bonds. The van der Waals surface area contributed by atoms with Gasteiger partial charge < -0.3 is 23.9 Å². The number of nitrogens with zero attached hydrogens (tertiary/aromatic N) is 3. The van der Waals surface area contributed by atoms with Crippen LogP contribution in [-0.2, 0) is 11.2 Å². The van der Waals surface area contributed by atoms with E-state index < -0.39 is 0 Å². The highest BCUT2D eigenvalue weighted by atomic mass is 16.6. The fourth-order valence-electron chi connectivity index (χ4n) is 5.25. The van der Waals surface area contributed by atoms with Crippen molar-refractivity contribution >= 4 is 22.8 Å². The lowest BCUT2D eigenvalue weighted by Gasteiger charge is -2.44. The number of benzene rings is 1. The summed E-state index contributed by atoms with van der Waals surface area (Å²) >= 11 is 0. The molecule has 3 aromatic rings. The van der Waals surface area contributed by atoms with Gasteiger partial charge in [-0.3, -0.25) is 14.6 Å². The molecular weight excluding hydrogens is 464 g/mol. The third kappa shape index (κ3) is 4.32. The Morgan fingerprint density at radius 2 is 1.94 bits per heavy atom. The maximum atomic E-state index is 12.9. The number of anilines is 1. The van der Waals surface area contributed by atoms with E-state index in [9.17, 15) is 9.59 Å². The first kappa shape index (κ1) is 22.7. The number of ether oxygens (including phenoxy) is 4. The number of nitrogens with one attached hydrogen (secondary N) is 1. The number of pyridine rings is 2. The van der Waals surface area contributed by atoms with Gasteiger partial charge in [-0.1, -0.05) is 0 Å². The topological polar surface area (TPSA) is 106 Å². The predicted octanol–water partition coefficient (Wildman–Crippen LogP) is 2.59. The number of rotatable bonds is 5. The molecule has 0 aliphatic carbocycles. The SMILES string of the molecule is COc1ccc2[nH]c(=O)cc(CCN3CC[C@@H]4CN(c5ccc6c(c5)OCCO6)C(=O)OC4C3)c2n1. The number of amides is 1. The lowest BCUT2D eigenvalue weighted by Crippen LogP contribution is -2.56. The lowest BCUT2D eigenvalue weighted by molar-refractivity contribution is -0.00647. The van der Waals surface area contributed by atoms with E-state index in [1.807, 2.05) is 24.3 Å². The number of hydrogen-bond donors (Lipinski definition) is 1. The molecule has 2 fully saturated rings. The van der Waals surface area contributed by atoms with E-state index in [2.05, 4.69) is 14.9 Å². The molecule has 36 heavy (non-hydrogen) atoms. The fourth-order valence-corrected chi connectivity index (χ4v) is 5.25. The van der Waals surface area contributed by atoms with Crippen LogP contribution in [0.25, 0.3) is 11.0 Å². The Hall–Kier alpha value is -3.79. The number of fused-ring (bicyclic) bond motifs is 3. The summed E-state index contributed by atoms with van der Waals surface area (Å²) in [6.45, 7) is 3.94. The summed E-state index contributed by atoms with van der Waals surface area (Å²) in [6.07, 6.45) is 1.08. The number of aromatic nitrogens is 2. The second-order valence-corrected chi connectivity index (χ2v) is 9.37. The van der Waals surface area contributed by atoms with E-state index >= 15 is 0 Å². The Bertz CT molecular complexity index is 1360. The van der Waals surface area contributed by atoms with Gasteiger partial charge in [-0.05, 0) is 43.1 Å². The van der Waals surface area contributed by atoms with Crippen LogP contribution in [0.4, 0.5) is 10.5 Å². The predicted molar refractivity (Wildman–Crippen MR) is 132 cm³/mol. The minimum absolute atomic E-state index is 0.149. The van der Waals surface area contributed by atoms with Crippen molar-refractivity contribution in [2.75, 3.05) is 51.4 Å². The molecule has 1 aromatic carbocycles. The Morgan fingerprint density at radius 1 is 1.08 bits per heavy atom. The van der Waals surface area contributed by atoms with Crippen molar-refractivity contribution in [3.8, 4) is 17.4 Å². The molecule has 0 bridgehead atoms. The highest BCUT2D eigenvalue weighted by Gasteiger charge is 2.40. The number of likely N-dealkylation sites (tertiary alicyclic amines) is 1. The molecule has 3 aliphatic rings. The largest absolute Gasteiger partial charge is 0.486 e. The zero-order valence-corrected chi connectivity index (χ0v) is 20.1. The molecule has 1 unspecified atom stereocenters. The van der Waals surface area contributed by atoms with Gasteiger partial charge in [0, 0.05) is 43.8 Å². The van der Waals surface area contributed by atoms with E-state index in [4.69, 9.17) is 18.9 Å². The van der Waals surface area contributed by atoms with Gasteiger partial charge in [0.2, 0.25) is 11.4 Å². The van der Waals surface area contributed by atoms with Crippen LogP contribution in [0.15, 0.2) is 41.2 Å². The minimum atomic E-state index is -0.341. The molecule has 3 aliphatic heterocycles. The van der Waals surface area contributed by atoms with Crippen molar-refractivity contribution in [3.05, 3.63) is 52.3 Å². The van der Waals surface area contributed by atoms with Crippen molar-refractivity contribution in [2.24, 2.45) is 5.92 Å². The lowest BCUT2D eigenvalue weighted by atomic mass is 9.91. The van der Waals surface area contributed by atoms with Crippen molar-refractivity contribution in [3.63, 3.8) is 0 Å². The summed E-state index contributed by atoms with van der Waals surface area (Å²) in [6, 6.07) is 10.7. The molecule has 10 heteroatoms. The van der Waals surface area contributed by atoms with Gasteiger partial charge >= 0.3 is 6.09 Å². The summed E-state index contributed by atoms with van der Waals surface area (Å²) < 4.78 is 22.4. The van der Waals surface area contributed by atoms with Gasteiger partial charge in [0.25, 0.3) is 0 Å². The quantitative estimate of drug-likeness (QED) is 0.579. The number of hydrogen-bond acceptors (Lipinski definition) is 8. The van der Waals surface area contributed by atoms with Gasteiger partial charge in [-0.25, -0.2) is 9.78 Å². The fraction of sp³-hybridized carbons (Fsp3) is 0.423. The molecule has 0 radical (unpaired) electrons. The third-order valence-corrected chi connectivity index (χ3v) is 7.15. The highest BCUT2D eigenvalue weighted by Crippen LogP contribution is 2.36. The Labute approximate surface area is 207 Å². The van der Waals surface area contributed by atoms with Crippen LogP contribution in [0.3, 0.4) is 0 Å². The highest BCUT2D eigenvalue weighted by molar-refractivity contribution is 5.89. The van der Waals surface area contributed by atoms with Crippen molar-refractivity contribution < 1.29 is 23.7 Å². The zero-order valence-electron chi connectivity index (χ0n) is 20.1. The smallest absolute Gasteiger partial charge is 0.414 e. The van der Waals surface area contributed by atoms with E-state index in [0.29, 0.717) is 55.6 Å². The molecular formula is C26H28N4O6. The molecule has 188 valence electrons. The number of methoxy groups -OCH3 is 1. The standard InChI is InChI=1S/C26H28N4O6/c1-33-24-5-3-19-25(28-24)16(12-23(31)27-19)6-8-29-9-7-17-14-30(26(32)36-22(17)15-29)18-2-4-20-21(13-18)35-11-10-34-20/h2-5,12-13,17,22H,6-11,14-15H2,1H3,(H,27,31)/t17-,22?/m1/s1.